The molecule has 2 N–H and O–H groups in total. The predicted molar refractivity (Wildman–Crippen MR) is 64.6 cm³/mol. The van der Waals surface area contributed by atoms with Crippen LogP contribution < -0.4 is 5.32 Å². The highest BCUT2D eigenvalue weighted by atomic mass is 35.5. The number of aromatic nitrogens is 1. The summed E-state index contributed by atoms with van der Waals surface area (Å²) >= 11 is 11.9. The van der Waals surface area contributed by atoms with Crippen LogP contribution in [0.2, 0.25) is 10.0 Å². The van der Waals surface area contributed by atoms with Crippen molar-refractivity contribution < 1.29 is 0 Å². The van der Waals surface area contributed by atoms with Gasteiger partial charge in [0.1, 0.15) is 0 Å². The molecule has 0 unspecified atom stereocenters. The molecule has 0 aliphatic carbocycles. The SMILES string of the molecule is Clc1ccc(Cl)c(NCc2cc[nH]c2)c1. The lowest BCUT2D eigenvalue weighted by Gasteiger charge is -2.07. The minimum Gasteiger partial charge on any atom is -0.380 e. The van der Waals surface area contributed by atoms with E-state index in [1.54, 1.807) is 12.1 Å². The molecule has 0 fully saturated rings. The van der Waals surface area contributed by atoms with Gasteiger partial charge in [-0.25, -0.2) is 0 Å². The molecular formula is C11H10Cl2N2. The molecule has 0 amide bonds. The van der Waals surface area contributed by atoms with Crippen molar-refractivity contribution in [3.63, 3.8) is 0 Å². The van der Waals surface area contributed by atoms with Gasteiger partial charge in [0.25, 0.3) is 0 Å². The zero-order valence-electron chi connectivity index (χ0n) is 7.93. The number of rotatable bonds is 3. The van der Waals surface area contributed by atoms with Gasteiger partial charge in [-0.3, -0.25) is 0 Å². The molecule has 0 radical (unpaired) electrons. The average Bonchev–Trinajstić information content (AvgIpc) is 2.72. The van der Waals surface area contributed by atoms with Crippen LogP contribution in [0, 0.1) is 0 Å². The molecule has 1 aromatic heterocycles. The fourth-order valence-corrected chi connectivity index (χ4v) is 1.66. The second kappa shape index (κ2) is 4.60. The zero-order valence-corrected chi connectivity index (χ0v) is 9.44. The van der Waals surface area contributed by atoms with Crippen molar-refractivity contribution in [1.29, 1.82) is 0 Å². The summed E-state index contributed by atoms with van der Waals surface area (Å²) in [6.07, 6.45) is 3.82. The number of halogens is 2. The third-order valence-corrected chi connectivity index (χ3v) is 2.64. The molecule has 2 nitrogen and oxygen atoms in total. The Bertz CT molecular complexity index is 438. The van der Waals surface area contributed by atoms with Crippen LogP contribution in [0.25, 0.3) is 0 Å². The molecule has 0 saturated heterocycles. The van der Waals surface area contributed by atoms with Crippen LogP contribution in [-0.4, -0.2) is 4.98 Å². The van der Waals surface area contributed by atoms with Gasteiger partial charge in [0.2, 0.25) is 0 Å². The number of nitrogens with one attached hydrogen (secondary N) is 2. The van der Waals surface area contributed by atoms with E-state index in [1.165, 1.54) is 5.56 Å². The van der Waals surface area contributed by atoms with Crippen LogP contribution in [0.4, 0.5) is 5.69 Å². The Morgan fingerprint density at radius 3 is 2.80 bits per heavy atom. The van der Waals surface area contributed by atoms with Crippen LogP contribution in [-0.2, 0) is 6.54 Å². The highest BCUT2D eigenvalue weighted by Crippen LogP contribution is 2.25. The van der Waals surface area contributed by atoms with E-state index in [0.29, 0.717) is 10.0 Å². The van der Waals surface area contributed by atoms with Gasteiger partial charge in [-0.2, -0.15) is 0 Å². The van der Waals surface area contributed by atoms with Gasteiger partial charge >= 0.3 is 0 Å². The number of hydrogen-bond donors (Lipinski definition) is 2. The lowest BCUT2D eigenvalue weighted by molar-refractivity contribution is 1.15. The van der Waals surface area contributed by atoms with E-state index >= 15 is 0 Å². The molecule has 0 aliphatic heterocycles. The summed E-state index contributed by atoms with van der Waals surface area (Å²) in [6, 6.07) is 7.37. The lowest BCUT2D eigenvalue weighted by atomic mass is 10.3. The van der Waals surface area contributed by atoms with E-state index in [-0.39, 0.29) is 0 Å². The Kier molecular flexibility index (Phi) is 3.19. The van der Waals surface area contributed by atoms with Gasteiger partial charge in [0.15, 0.2) is 0 Å². The van der Waals surface area contributed by atoms with Crippen LogP contribution in [0.3, 0.4) is 0 Å². The molecule has 0 saturated carbocycles. The number of aromatic amines is 1. The number of anilines is 1. The fraction of sp³-hybridized carbons (Fsp3) is 0.0909. The first-order chi connectivity index (χ1) is 7.25. The summed E-state index contributed by atoms with van der Waals surface area (Å²) in [5.41, 5.74) is 2.02. The van der Waals surface area contributed by atoms with Crippen LogP contribution >= 0.6 is 23.2 Å². The molecule has 0 spiro atoms. The summed E-state index contributed by atoms with van der Waals surface area (Å²) in [5, 5.41) is 4.57. The van der Waals surface area contributed by atoms with Crippen molar-refractivity contribution in [2.45, 2.75) is 6.54 Å². The summed E-state index contributed by atoms with van der Waals surface area (Å²) < 4.78 is 0. The molecule has 1 aromatic carbocycles. The van der Waals surface area contributed by atoms with E-state index in [1.807, 2.05) is 24.5 Å². The molecule has 78 valence electrons. The first kappa shape index (κ1) is 10.4. The van der Waals surface area contributed by atoms with Gasteiger partial charge in [-0.15, -0.1) is 0 Å². The Morgan fingerprint density at radius 2 is 2.07 bits per heavy atom. The van der Waals surface area contributed by atoms with Crippen molar-refractivity contribution in [3.05, 3.63) is 52.3 Å². The minimum absolute atomic E-state index is 0.676. The Morgan fingerprint density at radius 1 is 1.20 bits per heavy atom. The standard InChI is InChI=1S/C11H10Cl2N2/c12-9-1-2-10(13)11(5-9)15-7-8-3-4-14-6-8/h1-6,14-15H,7H2. The van der Waals surface area contributed by atoms with Gasteiger partial charge in [-0.1, -0.05) is 23.2 Å². The maximum absolute atomic E-state index is 6.01. The fourth-order valence-electron chi connectivity index (χ4n) is 1.30. The van der Waals surface area contributed by atoms with Crippen LogP contribution in [0.5, 0.6) is 0 Å². The maximum Gasteiger partial charge on any atom is 0.0638 e. The third kappa shape index (κ3) is 2.67. The maximum atomic E-state index is 6.01. The number of benzene rings is 1. The van der Waals surface area contributed by atoms with Gasteiger partial charge in [0.05, 0.1) is 10.7 Å². The minimum atomic E-state index is 0.676. The molecule has 0 bridgehead atoms. The highest BCUT2D eigenvalue weighted by molar-refractivity contribution is 6.35. The Labute approximate surface area is 98.2 Å². The Hall–Kier alpha value is -1.12. The van der Waals surface area contributed by atoms with Crippen molar-refractivity contribution >= 4 is 28.9 Å². The molecular weight excluding hydrogens is 231 g/mol. The summed E-state index contributed by atoms with van der Waals surface area (Å²) in [7, 11) is 0. The first-order valence-electron chi connectivity index (χ1n) is 4.56. The zero-order chi connectivity index (χ0) is 10.7. The van der Waals surface area contributed by atoms with E-state index in [2.05, 4.69) is 10.3 Å². The topological polar surface area (TPSA) is 27.8 Å². The highest BCUT2D eigenvalue weighted by Gasteiger charge is 2.00. The van der Waals surface area contributed by atoms with Crippen molar-refractivity contribution in [2.75, 3.05) is 5.32 Å². The van der Waals surface area contributed by atoms with Crippen LogP contribution in [0.1, 0.15) is 5.56 Å². The number of hydrogen-bond acceptors (Lipinski definition) is 1. The normalized spacial score (nSPS) is 10.3. The van der Waals surface area contributed by atoms with E-state index in [4.69, 9.17) is 23.2 Å². The summed E-state index contributed by atoms with van der Waals surface area (Å²) in [5.74, 6) is 0. The van der Waals surface area contributed by atoms with E-state index < -0.39 is 0 Å². The largest absolute Gasteiger partial charge is 0.380 e. The number of H-pyrrole nitrogens is 1. The monoisotopic (exact) mass is 240 g/mol. The molecule has 2 rings (SSSR count). The second-order valence-corrected chi connectivity index (χ2v) is 4.04. The summed E-state index contributed by atoms with van der Waals surface area (Å²) in [6.45, 7) is 0.726. The predicted octanol–water partition coefficient (Wildman–Crippen LogP) is 3.93. The molecule has 1 heterocycles. The van der Waals surface area contributed by atoms with Crippen molar-refractivity contribution in [1.82, 2.24) is 4.98 Å². The van der Waals surface area contributed by atoms with Gasteiger partial charge < -0.3 is 10.3 Å². The quantitative estimate of drug-likeness (QED) is 0.836. The second-order valence-electron chi connectivity index (χ2n) is 3.20. The molecule has 2 aromatic rings. The molecule has 0 atom stereocenters. The van der Waals surface area contributed by atoms with Crippen molar-refractivity contribution in [2.24, 2.45) is 0 Å². The van der Waals surface area contributed by atoms with Crippen molar-refractivity contribution in [3.8, 4) is 0 Å². The van der Waals surface area contributed by atoms with E-state index in [9.17, 15) is 0 Å². The van der Waals surface area contributed by atoms with Gasteiger partial charge in [-0.05, 0) is 29.8 Å². The lowest BCUT2D eigenvalue weighted by Crippen LogP contribution is -1.98. The van der Waals surface area contributed by atoms with Gasteiger partial charge in [0, 0.05) is 24.0 Å². The molecule has 15 heavy (non-hydrogen) atoms. The Balaban J connectivity index is 2.07. The first-order valence-corrected chi connectivity index (χ1v) is 5.32. The van der Waals surface area contributed by atoms with Crippen LogP contribution in [0.15, 0.2) is 36.7 Å². The molecule has 4 heteroatoms. The third-order valence-electron chi connectivity index (χ3n) is 2.07. The smallest absolute Gasteiger partial charge is 0.0638 e. The molecule has 0 aliphatic rings. The average molecular weight is 241 g/mol. The summed E-state index contributed by atoms with van der Waals surface area (Å²) in [4.78, 5) is 2.99. The van der Waals surface area contributed by atoms with E-state index in [0.717, 1.165) is 12.2 Å².